The number of rotatable bonds is 9. The first kappa shape index (κ1) is 25.8. The Morgan fingerprint density at radius 3 is 3.00 bits per heavy atom. The number of hydrogen-bond donors (Lipinski definition) is 2. The summed E-state index contributed by atoms with van der Waals surface area (Å²) in [5.41, 5.74) is 2.69. The van der Waals surface area contributed by atoms with Gasteiger partial charge in [-0.15, -0.1) is 0 Å². The highest BCUT2D eigenvalue weighted by Gasteiger charge is 2.26. The first-order valence-corrected chi connectivity index (χ1v) is 13.7. The van der Waals surface area contributed by atoms with Crippen molar-refractivity contribution in [2.24, 2.45) is 0 Å². The highest BCUT2D eigenvalue weighted by atomic mass is 32.2. The van der Waals surface area contributed by atoms with Crippen LogP contribution in [-0.2, 0) is 24.2 Å². The predicted octanol–water partition coefficient (Wildman–Crippen LogP) is 5.73. The molecule has 0 unspecified atom stereocenters. The third-order valence-corrected chi connectivity index (χ3v) is 7.59. The van der Waals surface area contributed by atoms with E-state index in [1.165, 1.54) is 28.8 Å². The van der Waals surface area contributed by atoms with Crippen molar-refractivity contribution < 1.29 is 23.5 Å². The van der Waals surface area contributed by atoms with Gasteiger partial charge < -0.3 is 28.8 Å². The molecule has 9 nitrogen and oxygen atoms in total. The van der Waals surface area contributed by atoms with Crippen LogP contribution in [0.1, 0.15) is 36.3 Å². The number of fused-ring (bicyclic) bond motifs is 3. The van der Waals surface area contributed by atoms with Gasteiger partial charge in [0, 0.05) is 22.7 Å². The number of ether oxygens (including phenoxy) is 3. The topological polar surface area (TPSA) is 108 Å². The largest absolute Gasteiger partial charge is 0.496 e. The predicted molar refractivity (Wildman–Crippen MR) is 147 cm³/mol. The highest BCUT2D eigenvalue weighted by Crippen LogP contribution is 2.45. The Labute approximate surface area is 228 Å². The van der Waals surface area contributed by atoms with E-state index < -0.39 is 0 Å². The summed E-state index contributed by atoms with van der Waals surface area (Å²) in [5, 5.41) is 8.24. The molecule has 0 spiro atoms. The summed E-state index contributed by atoms with van der Waals surface area (Å²) in [6, 6.07) is 7.95. The number of carbonyl (C=O) groups excluding carboxylic acids is 1. The fourth-order valence-electron chi connectivity index (χ4n) is 4.03. The van der Waals surface area contributed by atoms with E-state index in [1.54, 1.807) is 20.2 Å². The summed E-state index contributed by atoms with van der Waals surface area (Å²) in [6.45, 7) is 4.66. The van der Waals surface area contributed by atoms with Gasteiger partial charge in [0.15, 0.2) is 11.4 Å². The molecule has 0 radical (unpaired) electrons. The molecule has 3 heterocycles. The van der Waals surface area contributed by atoms with Crippen LogP contribution in [0.5, 0.6) is 22.4 Å². The van der Waals surface area contributed by atoms with Crippen molar-refractivity contribution in [3.63, 3.8) is 0 Å². The van der Waals surface area contributed by atoms with E-state index in [9.17, 15) is 4.79 Å². The lowest BCUT2D eigenvalue weighted by molar-refractivity contribution is -0.115. The van der Waals surface area contributed by atoms with Gasteiger partial charge in [0.25, 0.3) is 11.1 Å². The molecule has 11 heteroatoms. The Balaban J connectivity index is 1.39. The second-order valence-corrected chi connectivity index (χ2v) is 10.3. The lowest BCUT2D eigenvalue weighted by Gasteiger charge is -2.20. The van der Waals surface area contributed by atoms with Crippen molar-refractivity contribution in [1.82, 2.24) is 15.5 Å². The van der Waals surface area contributed by atoms with Crippen LogP contribution in [0.15, 0.2) is 39.9 Å². The van der Waals surface area contributed by atoms with Gasteiger partial charge in [-0.25, -0.2) is 4.98 Å². The fraction of sp³-hybridized carbons (Fsp3) is 0.296. The van der Waals surface area contributed by atoms with Crippen molar-refractivity contribution in [2.75, 3.05) is 18.4 Å². The van der Waals surface area contributed by atoms with Crippen molar-refractivity contribution in [1.29, 1.82) is 0 Å². The summed E-state index contributed by atoms with van der Waals surface area (Å²) in [4.78, 5) is 17.8. The average Bonchev–Trinajstić information content (AvgIpc) is 3.57. The van der Waals surface area contributed by atoms with Crippen LogP contribution >= 0.6 is 23.3 Å². The first-order valence-electron chi connectivity index (χ1n) is 12.1. The number of benzene rings is 2. The van der Waals surface area contributed by atoms with Gasteiger partial charge in [0.2, 0.25) is 0 Å². The maximum atomic E-state index is 11.6. The molecule has 2 aromatic heterocycles. The lowest BCUT2D eigenvalue weighted by atomic mass is 10.0. The number of aromatic nitrogens is 2. The van der Waals surface area contributed by atoms with Crippen LogP contribution < -0.4 is 24.2 Å². The third kappa shape index (κ3) is 5.51. The molecule has 0 atom stereocenters. The molecule has 2 N–H and O–H groups in total. The number of anilines is 1. The van der Waals surface area contributed by atoms with Crippen LogP contribution in [0.2, 0.25) is 0 Å². The van der Waals surface area contributed by atoms with Gasteiger partial charge in [0.1, 0.15) is 22.6 Å². The minimum absolute atomic E-state index is 0.329. The van der Waals surface area contributed by atoms with Crippen LogP contribution in [0.25, 0.3) is 11.0 Å². The zero-order chi connectivity index (χ0) is 26.5. The monoisotopic (exact) mass is 550 g/mol. The maximum absolute atomic E-state index is 11.6. The summed E-state index contributed by atoms with van der Waals surface area (Å²) in [6.07, 6.45) is 4.26. The van der Waals surface area contributed by atoms with E-state index in [-0.39, 0.29) is 5.91 Å². The van der Waals surface area contributed by atoms with Crippen molar-refractivity contribution in [2.45, 2.75) is 44.6 Å². The number of amides is 1. The Bertz CT molecular complexity index is 1540. The minimum Gasteiger partial charge on any atom is -0.496 e. The minimum atomic E-state index is -0.329. The second kappa shape index (κ2) is 11.7. The van der Waals surface area contributed by atoms with Crippen LogP contribution in [0.4, 0.5) is 5.82 Å². The average molecular weight is 551 g/mol. The molecule has 0 saturated carbocycles. The van der Waals surface area contributed by atoms with Gasteiger partial charge in [0.05, 0.1) is 25.2 Å². The van der Waals surface area contributed by atoms with Crippen LogP contribution in [-0.4, -0.2) is 29.8 Å². The van der Waals surface area contributed by atoms with E-state index in [4.69, 9.17) is 18.7 Å². The first-order chi connectivity index (χ1) is 18.6. The van der Waals surface area contributed by atoms with Crippen molar-refractivity contribution >= 4 is 46.0 Å². The van der Waals surface area contributed by atoms with Gasteiger partial charge in [-0.05, 0) is 61.8 Å². The maximum Gasteiger partial charge on any atom is 0.296 e. The molecule has 0 bridgehead atoms. The number of nitrogens with one attached hydrogen (secondary N) is 2. The zero-order valence-corrected chi connectivity index (χ0v) is 22.8. The molecule has 0 saturated heterocycles. The summed E-state index contributed by atoms with van der Waals surface area (Å²) >= 11 is 2.76. The molecular weight excluding hydrogens is 524 g/mol. The Morgan fingerprint density at radius 2 is 2.18 bits per heavy atom. The molecule has 196 valence electrons. The fourth-order valence-corrected chi connectivity index (χ4v) is 5.55. The van der Waals surface area contributed by atoms with E-state index in [1.807, 2.05) is 12.1 Å². The Kier molecular flexibility index (Phi) is 7.91. The smallest absolute Gasteiger partial charge is 0.296 e. The van der Waals surface area contributed by atoms with Crippen molar-refractivity contribution in [3.8, 4) is 34.3 Å². The Hall–Kier alpha value is -3.88. The lowest BCUT2D eigenvalue weighted by Crippen LogP contribution is -2.19. The standard InChI is InChI=1S/C27H26N4O5S2/c1-4-7-23(32)28-14-17-15-29-27(37-17)35-20-13-21-24(25-18(20)8-6-11-34-25)26(30-36-21)31-38-22-12-16(5-2)9-10-19(22)33-3/h9-10,12-13,15H,5-6,8,11,14H2,1-3H3,(H,28,32)(H,30,31). The number of nitrogens with zero attached hydrogens (tertiary/aromatic N) is 2. The van der Waals surface area contributed by atoms with Crippen molar-refractivity contribution in [3.05, 3.63) is 46.5 Å². The molecule has 4 aromatic rings. The SMILES string of the molecule is CC#CC(=O)NCc1cnc(Oc2cc3onc(NSc4cc(CC)ccc4OC)c3c3c2CCCO3)s1. The van der Waals surface area contributed by atoms with E-state index >= 15 is 0 Å². The molecule has 38 heavy (non-hydrogen) atoms. The molecule has 1 aliphatic heterocycles. The normalized spacial score (nSPS) is 12.2. The number of thiazole rings is 1. The van der Waals surface area contributed by atoms with Gasteiger partial charge in [-0.3, -0.25) is 4.79 Å². The molecule has 0 fully saturated rings. The summed E-state index contributed by atoms with van der Waals surface area (Å²) < 4.78 is 26.8. The van der Waals surface area contributed by atoms with Crippen LogP contribution in [0, 0.1) is 11.8 Å². The third-order valence-electron chi connectivity index (χ3n) is 5.88. The summed E-state index contributed by atoms with van der Waals surface area (Å²) in [7, 11) is 1.66. The van der Waals surface area contributed by atoms with E-state index in [0.717, 1.165) is 45.7 Å². The molecule has 1 aliphatic rings. The molecule has 1 amide bonds. The number of hydrogen-bond acceptors (Lipinski definition) is 10. The second-order valence-electron chi connectivity index (χ2n) is 8.33. The van der Waals surface area contributed by atoms with E-state index in [0.29, 0.717) is 41.2 Å². The number of carbonyl (C=O) groups is 1. The van der Waals surface area contributed by atoms with Gasteiger partial charge in [-0.2, -0.15) is 0 Å². The number of methoxy groups -OCH3 is 1. The quantitative estimate of drug-likeness (QED) is 0.199. The zero-order valence-electron chi connectivity index (χ0n) is 21.2. The molecule has 0 aliphatic carbocycles. The van der Waals surface area contributed by atoms with E-state index in [2.05, 4.69) is 51.1 Å². The van der Waals surface area contributed by atoms with Gasteiger partial charge in [-0.1, -0.05) is 35.4 Å². The molecular formula is C27H26N4O5S2. The highest BCUT2D eigenvalue weighted by molar-refractivity contribution is 8.00. The van der Waals surface area contributed by atoms with Gasteiger partial charge >= 0.3 is 0 Å². The molecule has 5 rings (SSSR count). The molecule has 2 aromatic carbocycles. The summed E-state index contributed by atoms with van der Waals surface area (Å²) in [5.74, 6) is 7.36. The van der Waals surface area contributed by atoms with Crippen LogP contribution in [0.3, 0.4) is 0 Å². The Morgan fingerprint density at radius 1 is 1.29 bits per heavy atom. The number of aryl methyl sites for hydroxylation is 1.